The van der Waals surface area contributed by atoms with E-state index in [4.69, 9.17) is 10.3 Å². The van der Waals surface area contributed by atoms with Crippen LogP contribution in [-0.2, 0) is 0 Å². The molecule has 0 aliphatic heterocycles. The molecular formula is C8H9NO2. The van der Waals surface area contributed by atoms with Crippen molar-refractivity contribution >= 4 is 6.21 Å². The zero-order valence-corrected chi connectivity index (χ0v) is 6.15. The molecule has 0 atom stereocenters. The first-order chi connectivity index (χ1) is 5.24. The summed E-state index contributed by atoms with van der Waals surface area (Å²) in [4.78, 5) is 0. The number of oxime groups is 1. The lowest BCUT2D eigenvalue weighted by Gasteiger charge is -1.98. The minimum atomic E-state index is 0.220. The Morgan fingerprint density at radius 3 is 2.73 bits per heavy atom. The number of rotatable bonds is 1. The average molecular weight is 151 g/mol. The molecule has 11 heavy (non-hydrogen) atoms. The number of aromatic hydroxyl groups is 1. The lowest BCUT2D eigenvalue weighted by Crippen LogP contribution is -1.85. The maximum absolute atomic E-state index is 9.00. The third kappa shape index (κ3) is 1.70. The SMILES string of the molecule is Cc1cc(O)ccc1/C=N\O. The predicted molar refractivity (Wildman–Crippen MR) is 42.2 cm³/mol. The summed E-state index contributed by atoms with van der Waals surface area (Å²) in [7, 11) is 0. The van der Waals surface area contributed by atoms with E-state index < -0.39 is 0 Å². The maximum Gasteiger partial charge on any atom is 0.115 e. The molecule has 0 unspecified atom stereocenters. The summed E-state index contributed by atoms with van der Waals surface area (Å²) in [6, 6.07) is 4.84. The monoisotopic (exact) mass is 151 g/mol. The van der Waals surface area contributed by atoms with Crippen molar-refractivity contribution in [1.82, 2.24) is 0 Å². The molecule has 0 aliphatic rings. The van der Waals surface area contributed by atoms with Crippen LogP contribution in [0, 0.1) is 6.92 Å². The van der Waals surface area contributed by atoms with E-state index in [1.54, 1.807) is 18.2 Å². The predicted octanol–water partition coefficient (Wildman–Crippen LogP) is 1.51. The van der Waals surface area contributed by atoms with Crippen molar-refractivity contribution in [2.24, 2.45) is 5.16 Å². The summed E-state index contributed by atoms with van der Waals surface area (Å²) < 4.78 is 0. The van der Waals surface area contributed by atoms with Crippen LogP contribution in [0.15, 0.2) is 23.4 Å². The second-order valence-electron chi connectivity index (χ2n) is 2.29. The molecule has 0 fully saturated rings. The van der Waals surface area contributed by atoms with E-state index in [-0.39, 0.29) is 5.75 Å². The van der Waals surface area contributed by atoms with Gasteiger partial charge in [0.05, 0.1) is 6.21 Å². The smallest absolute Gasteiger partial charge is 0.115 e. The van der Waals surface area contributed by atoms with Gasteiger partial charge in [-0.3, -0.25) is 0 Å². The van der Waals surface area contributed by atoms with Crippen molar-refractivity contribution in [3.05, 3.63) is 29.3 Å². The first kappa shape index (κ1) is 7.60. The number of phenols is 1. The van der Waals surface area contributed by atoms with Gasteiger partial charge in [-0.1, -0.05) is 5.16 Å². The van der Waals surface area contributed by atoms with E-state index in [9.17, 15) is 0 Å². The van der Waals surface area contributed by atoms with E-state index in [0.717, 1.165) is 11.1 Å². The minimum Gasteiger partial charge on any atom is -0.508 e. The summed E-state index contributed by atoms with van der Waals surface area (Å²) in [6.45, 7) is 1.83. The molecule has 1 aromatic carbocycles. The molecule has 0 radical (unpaired) electrons. The first-order valence-electron chi connectivity index (χ1n) is 3.21. The zero-order chi connectivity index (χ0) is 8.27. The van der Waals surface area contributed by atoms with Crippen molar-refractivity contribution in [3.8, 4) is 5.75 Å². The van der Waals surface area contributed by atoms with Gasteiger partial charge in [0.15, 0.2) is 0 Å². The Morgan fingerprint density at radius 2 is 2.18 bits per heavy atom. The van der Waals surface area contributed by atoms with Crippen LogP contribution < -0.4 is 0 Å². The van der Waals surface area contributed by atoms with Crippen LogP contribution in [0.25, 0.3) is 0 Å². The highest BCUT2D eigenvalue weighted by molar-refractivity contribution is 5.81. The number of phenolic OH excluding ortho intramolecular Hbond substituents is 1. The van der Waals surface area contributed by atoms with Crippen molar-refractivity contribution in [2.45, 2.75) is 6.92 Å². The molecule has 0 saturated heterocycles. The van der Waals surface area contributed by atoms with E-state index in [2.05, 4.69) is 5.16 Å². The summed E-state index contributed by atoms with van der Waals surface area (Å²) in [5.41, 5.74) is 1.67. The summed E-state index contributed by atoms with van der Waals surface area (Å²) >= 11 is 0. The highest BCUT2D eigenvalue weighted by atomic mass is 16.4. The third-order valence-electron chi connectivity index (χ3n) is 1.45. The van der Waals surface area contributed by atoms with Crippen molar-refractivity contribution in [1.29, 1.82) is 0 Å². The molecule has 0 amide bonds. The molecule has 1 aromatic rings. The molecule has 0 aliphatic carbocycles. The molecule has 0 aromatic heterocycles. The summed E-state index contributed by atoms with van der Waals surface area (Å²) in [6.07, 6.45) is 1.33. The van der Waals surface area contributed by atoms with Gasteiger partial charge in [0, 0.05) is 0 Å². The van der Waals surface area contributed by atoms with Gasteiger partial charge in [0.2, 0.25) is 0 Å². The molecule has 0 heterocycles. The first-order valence-corrected chi connectivity index (χ1v) is 3.21. The molecular weight excluding hydrogens is 142 g/mol. The topological polar surface area (TPSA) is 52.8 Å². The minimum absolute atomic E-state index is 0.220. The van der Waals surface area contributed by atoms with Crippen molar-refractivity contribution < 1.29 is 10.3 Å². The molecule has 0 bridgehead atoms. The molecule has 1 rings (SSSR count). The van der Waals surface area contributed by atoms with Gasteiger partial charge < -0.3 is 10.3 Å². The Hall–Kier alpha value is -1.51. The molecule has 3 nitrogen and oxygen atoms in total. The number of aryl methyl sites for hydroxylation is 1. The van der Waals surface area contributed by atoms with Crippen LogP contribution in [0.4, 0.5) is 0 Å². The average Bonchev–Trinajstić information content (AvgIpc) is 1.95. The van der Waals surface area contributed by atoms with Crippen LogP contribution in [0.5, 0.6) is 5.75 Å². The lowest BCUT2D eigenvalue weighted by molar-refractivity contribution is 0.322. The maximum atomic E-state index is 9.00. The van der Waals surface area contributed by atoms with E-state index in [1.807, 2.05) is 6.92 Å². The van der Waals surface area contributed by atoms with Crippen LogP contribution in [0.2, 0.25) is 0 Å². The zero-order valence-electron chi connectivity index (χ0n) is 6.15. The summed E-state index contributed by atoms with van der Waals surface area (Å²) in [5.74, 6) is 0.220. The fourth-order valence-electron chi connectivity index (χ4n) is 0.867. The number of nitrogens with zero attached hydrogens (tertiary/aromatic N) is 1. The van der Waals surface area contributed by atoms with Gasteiger partial charge in [-0.15, -0.1) is 0 Å². The number of hydrogen-bond donors (Lipinski definition) is 2. The van der Waals surface area contributed by atoms with E-state index >= 15 is 0 Å². The lowest BCUT2D eigenvalue weighted by atomic mass is 10.1. The number of hydrogen-bond acceptors (Lipinski definition) is 3. The van der Waals surface area contributed by atoms with Gasteiger partial charge in [-0.2, -0.15) is 0 Å². The normalized spacial score (nSPS) is 10.6. The fraction of sp³-hybridized carbons (Fsp3) is 0.125. The molecule has 3 heteroatoms. The van der Waals surface area contributed by atoms with Gasteiger partial charge in [0.1, 0.15) is 5.75 Å². The Balaban J connectivity index is 3.09. The van der Waals surface area contributed by atoms with Gasteiger partial charge >= 0.3 is 0 Å². The quantitative estimate of drug-likeness (QED) is 0.363. The molecule has 58 valence electrons. The van der Waals surface area contributed by atoms with Crippen LogP contribution in [0.3, 0.4) is 0 Å². The third-order valence-corrected chi connectivity index (χ3v) is 1.45. The second-order valence-corrected chi connectivity index (χ2v) is 2.29. The van der Waals surface area contributed by atoms with E-state index in [1.165, 1.54) is 6.21 Å². The Morgan fingerprint density at radius 1 is 1.45 bits per heavy atom. The van der Waals surface area contributed by atoms with E-state index in [0.29, 0.717) is 0 Å². The van der Waals surface area contributed by atoms with Gasteiger partial charge in [-0.05, 0) is 36.2 Å². The molecule has 0 saturated carbocycles. The Labute approximate surface area is 64.6 Å². The Kier molecular flexibility index (Phi) is 2.11. The van der Waals surface area contributed by atoms with Crippen molar-refractivity contribution in [2.75, 3.05) is 0 Å². The standard InChI is InChI=1S/C8H9NO2/c1-6-4-8(10)3-2-7(6)5-9-11/h2-5,10-11H,1H3/b9-5-. The van der Waals surface area contributed by atoms with Crippen LogP contribution in [-0.4, -0.2) is 16.5 Å². The Bertz CT molecular complexity index is 281. The molecule has 0 spiro atoms. The molecule has 2 N–H and O–H groups in total. The second kappa shape index (κ2) is 3.05. The van der Waals surface area contributed by atoms with Gasteiger partial charge in [-0.25, -0.2) is 0 Å². The highest BCUT2D eigenvalue weighted by Crippen LogP contribution is 2.13. The van der Waals surface area contributed by atoms with Crippen LogP contribution >= 0.6 is 0 Å². The summed E-state index contributed by atoms with van der Waals surface area (Å²) in [5, 5.41) is 20.1. The highest BCUT2D eigenvalue weighted by Gasteiger charge is 1.95. The largest absolute Gasteiger partial charge is 0.508 e. The van der Waals surface area contributed by atoms with Crippen molar-refractivity contribution in [3.63, 3.8) is 0 Å². The fourth-order valence-corrected chi connectivity index (χ4v) is 0.867. The van der Waals surface area contributed by atoms with Gasteiger partial charge in [0.25, 0.3) is 0 Å². The number of benzene rings is 1. The van der Waals surface area contributed by atoms with Crippen LogP contribution in [0.1, 0.15) is 11.1 Å².